The lowest BCUT2D eigenvalue weighted by Crippen LogP contribution is -2.49. The second-order valence-electron chi connectivity index (χ2n) is 4.87. The van der Waals surface area contributed by atoms with E-state index in [-0.39, 0.29) is 35.2 Å². The van der Waals surface area contributed by atoms with Crippen molar-refractivity contribution in [2.75, 3.05) is 30.4 Å². The smallest absolute Gasteiger partial charge is 0.256 e. The number of amides is 1. The molecule has 1 heterocycles. The summed E-state index contributed by atoms with van der Waals surface area (Å²) in [6.07, 6.45) is 0. The van der Waals surface area contributed by atoms with Crippen LogP contribution in [0.25, 0.3) is 0 Å². The summed E-state index contributed by atoms with van der Waals surface area (Å²) in [7, 11) is -1.55. The predicted octanol–water partition coefficient (Wildman–Crippen LogP) is 1.13. The third kappa shape index (κ3) is 2.77. The van der Waals surface area contributed by atoms with Crippen LogP contribution in [0.2, 0.25) is 0 Å². The topological polar surface area (TPSA) is 66.5 Å². The van der Waals surface area contributed by atoms with E-state index in [9.17, 15) is 17.6 Å². The van der Waals surface area contributed by atoms with Crippen molar-refractivity contribution >= 4 is 21.4 Å². The van der Waals surface area contributed by atoms with Crippen molar-refractivity contribution in [3.63, 3.8) is 0 Å². The van der Waals surface area contributed by atoms with Gasteiger partial charge in [0, 0.05) is 19.6 Å². The van der Waals surface area contributed by atoms with Crippen LogP contribution in [0.15, 0.2) is 18.2 Å². The summed E-state index contributed by atoms with van der Waals surface area (Å²) in [5, 5.41) is 2.67. The van der Waals surface area contributed by atoms with Crippen molar-refractivity contribution in [2.24, 2.45) is 0 Å². The van der Waals surface area contributed by atoms with E-state index < -0.39 is 21.7 Å². The number of carbonyl (C=O) groups excluding carboxylic acids is 1. The van der Waals surface area contributed by atoms with Gasteiger partial charge in [-0.3, -0.25) is 4.79 Å². The molecule has 1 amide bonds. The molecular formula is C13H17FN2O3S. The lowest BCUT2D eigenvalue weighted by molar-refractivity contribution is 0.0713. The number of para-hydroxylation sites is 1. The third-order valence-corrected chi connectivity index (χ3v) is 5.22. The van der Waals surface area contributed by atoms with Crippen LogP contribution in [-0.2, 0) is 9.84 Å². The molecule has 1 unspecified atom stereocenters. The van der Waals surface area contributed by atoms with Gasteiger partial charge in [-0.15, -0.1) is 0 Å². The Hall–Kier alpha value is -1.63. The van der Waals surface area contributed by atoms with Gasteiger partial charge in [0.15, 0.2) is 9.84 Å². The first-order valence-corrected chi connectivity index (χ1v) is 8.15. The van der Waals surface area contributed by atoms with Gasteiger partial charge < -0.3 is 10.2 Å². The van der Waals surface area contributed by atoms with E-state index in [1.807, 2.05) is 0 Å². The number of nitrogens with one attached hydrogen (secondary N) is 1. The number of sulfone groups is 1. The van der Waals surface area contributed by atoms with Crippen molar-refractivity contribution in [1.82, 2.24) is 4.90 Å². The highest BCUT2D eigenvalue weighted by atomic mass is 32.2. The van der Waals surface area contributed by atoms with E-state index in [1.54, 1.807) is 14.0 Å². The fourth-order valence-corrected chi connectivity index (χ4v) is 3.97. The molecule has 20 heavy (non-hydrogen) atoms. The van der Waals surface area contributed by atoms with Gasteiger partial charge in [-0.1, -0.05) is 6.07 Å². The molecule has 1 aromatic rings. The molecule has 1 atom stereocenters. The van der Waals surface area contributed by atoms with E-state index in [0.29, 0.717) is 0 Å². The lowest BCUT2D eigenvalue weighted by Gasteiger charge is -2.33. The maximum atomic E-state index is 13.7. The number of benzene rings is 1. The van der Waals surface area contributed by atoms with Gasteiger partial charge in [-0.05, 0) is 19.1 Å². The maximum Gasteiger partial charge on any atom is 0.256 e. The van der Waals surface area contributed by atoms with Crippen LogP contribution in [0.4, 0.5) is 10.1 Å². The summed E-state index contributed by atoms with van der Waals surface area (Å²) in [6, 6.07) is 3.86. The largest absolute Gasteiger partial charge is 0.385 e. The molecule has 2 rings (SSSR count). The number of hydrogen-bond donors (Lipinski definition) is 1. The van der Waals surface area contributed by atoms with Crippen LogP contribution >= 0.6 is 0 Å². The van der Waals surface area contributed by atoms with Gasteiger partial charge in [0.05, 0.1) is 22.8 Å². The molecule has 1 aliphatic heterocycles. The molecule has 0 bridgehead atoms. The van der Waals surface area contributed by atoms with Gasteiger partial charge in [0.1, 0.15) is 5.82 Å². The highest BCUT2D eigenvalue weighted by Crippen LogP contribution is 2.23. The molecule has 0 saturated carbocycles. The minimum absolute atomic E-state index is 0.0483. The van der Waals surface area contributed by atoms with Crippen molar-refractivity contribution < 1.29 is 17.6 Å². The quantitative estimate of drug-likeness (QED) is 0.889. The van der Waals surface area contributed by atoms with Crippen LogP contribution in [-0.4, -0.2) is 50.4 Å². The van der Waals surface area contributed by atoms with Crippen molar-refractivity contribution in [3.8, 4) is 0 Å². The molecule has 1 saturated heterocycles. The zero-order valence-electron chi connectivity index (χ0n) is 11.4. The van der Waals surface area contributed by atoms with E-state index in [2.05, 4.69) is 5.32 Å². The molecule has 1 aliphatic rings. The molecule has 110 valence electrons. The Balaban J connectivity index is 2.31. The van der Waals surface area contributed by atoms with Crippen LogP contribution in [0.1, 0.15) is 17.3 Å². The normalized spacial score (nSPS) is 21.6. The Morgan fingerprint density at radius 1 is 1.45 bits per heavy atom. The molecule has 0 spiro atoms. The van der Waals surface area contributed by atoms with Crippen molar-refractivity contribution in [2.45, 2.75) is 13.0 Å². The zero-order chi connectivity index (χ0) is 14.9. The van der Waals surface area contributed by atoms with Gasteiger partial charge in [0.25, 0.3) is 5.91 Å². The molecule has 0 aromatic heterocycles. The fourth-order valence-electron chi connectivity index (χ4n) is 2.41. The highest BCUT2D eigenvalue weighted by Gasteiger charge is 2.32. The summed E-state index contributed by atoms with van der Waals surface area (Å²) in [4.78, 5) is 14.0. The SMILES string of the molecule is CNc1c(F)cccc1C(=O)N1CCS(=O)(=O)CC1C. The zero-order valence-corrected chi connectivity index (χ0v) is 12.2. The summed E-state index contributed by atoms with van der Waals surface area (Å²) in [5.41, 5.74) is 0.358. The Labute approximate surface area is 117 Å². The van der Waals surface area contributed by atoms with Crippen molar-refractivity contribution in [1.29, 1.82) is 0 Å². The van der Waals surface area contributed by atoms with Gasteiger partial charge >= 0.3 is 0 Å². The number of rotatable bonds is 2. The van der Waals surface area contributed by atoms with E-state index in [4.69, 9.17) is 0 Å². The summed E-state index contributed by atoms with van der Waals surface area (Å²) in [5.74, 6) is -0.956. The average Bonchev–Trinajstić information content (AvgIpc) is 2.36. The van der Waals surface area contributed by atoms with Crippen LogP contribution in [0.5, 0.6) is 0 Å². The summed E-state index contributed by atoms with van der Waals surface area (Å²) in [6.45, 7) is 1.83. The number of carbonyl (C=O) groups is 1. The minimum Gasteiger partial charge on any atom is -0.385 e. The van der Waals surface area contributed by atoms with Crippen LogP contribution < -0.4 is 5.32 Å². The molecule has 7 heteroatoms. The second-order valence-corrected chi connectivity index (χ2v) is 7.10. The van der Waals surface area contributed by atoms with E-state index in [1.165, 1.54) is 23.1 Å². The number of halogens is 1. The highest BCUT2D eigenvalue weighted by molar-refractivity contribution is 7.91. The van der Waals surface area contributed by atoms with Gasteiger partial charge in [-0.2, -0.15) is 0 Å². The molecule has 1 N–H and O–H groups in total. The van der Waals surface area contributed by atoms with Crippen molar-refractivity contribution in [3.05, 3.63) is 29.6 Å². The monoisotopic (exact) mass is 300 g/mol. The Kier molecular flexibility index (Phi) is 3.99. The molecule has 1 fully saturated rings. The summed E-state index contributed by atoms with van der Waals surface area (Å²) < 4.78 is 36.7. The van der Waals surface area contributed by atoms with Gasteiger partial charge in [0.2, 0.25) is 0 Å². The molecule has 0 aliphatic carbocycles. The van der Waals surface area contributed by atoms with E-state index >= 15 is 0 Å². The number of nitrogens with zero attached hydrogens (tertiary/aromatic N) is 1. The molecule has 1 aromatic carbocycles. The standard InChI is InChI=1S/C13H17FN2O3S/c1-9-8-20(18,19)7-6-16(9)13(17)10-4-3-5-11(14)12(10)15-2/h3-5,9,15H,6-8H2,1-2H3. The Morgan fingerprint density at radius 3 is 2.75 bits per heavy atom. The molecular weight excluding hydrogens is 283 g/mol. The Morgan fingerprint density at radius 2 is 2.15 bits per heavy atom. The lowest BCUT2D eigenvalue weighted by atomic mass is 10.1. The number of hydrogen-bond acceptors (Lipinski definition) is 4. The fraction of sp³-hybridized carbons (Fsp3) is 0.462. The molecule has 0 radical (unpaired) electrons. The predicted molar refractivity (Wildman–Crippen MR) is 75.1 cm³/mol. The second kappa shape index (κ2) is 5.40. The Bertz CT molecular complexity index is 631. The molecule has 5 nitrogen and oxygen atoms in total. The first-order valence-electron chi connectivity index (χ1n) is 6.33. The average molecular weight is 300 g/mol. The van der Waals surface area contributed by atoms with Gasteiger partial charge in [-0.25, -0.2) is 12.8 Å². The van der Waals surface area contributed by atoms with Crippen LogP contribution in [0, 0.1) is 5.82 Å². The first kappa shape index (κ1) is 14.8. The summed E-state index contributed by atoms with van der Waals surface area (Å²) >= 11 is 0. The first-order chi connectivity index (χ1) is 9.35. The van der Waals surface area contributed by atoms with Crippen LogP contribution in [0.3, 0.4) is 0 Å². The van der Waals surface area contributed by atoms with E-state index in [0.717, 1.165) is 0 Å². The third-order valence-electron chi connectivity index (χ3n) is 3.43. The number of anilines is 1. The maximum absolute atomic E-state index is 13.7. The minimum atomic E-state index is -3.09.